The Morgan fingerprint density at radius 3 is 2.38 bits per heavy atom. The van der Waals surface area contributed by atoms with Crippen molar-refractivity contribution in [2.75, 3.05) is 6.73 Å². The first-order valence-corrected chi connectivity index (χ1v) is 8.56. The molecule has 1 aromatic rings. The zero-order valence-corrected chi connectivity index (χ0v) is 12.8. The van der Waals surface area contributed by atoms with Gasteiger partial charge >= 0.3 is 0 Å². The average Bonchev–Trinajstić information content (AvgIpc) is 2.46. The molecule has 4 bridgehead atoms. The first-order valence-electron chi connectivity index (χ1n) is 8.56. The van der Waals surface area contributed by atoms with Crippen LogP contribution in [0.1, 0.15) is 49.7 Å². The second-order valence-electron chi connectivity index (χ2n) is 8.01. The highest BCUT2D eigenvalue weighted by molar-refractivity contribution is 5.81. The Kier molecular flexibility index (Phi) is 2.40. The van der Waals surface area contributed by atoms with E-state index >= 15 is 0 Å². The van der Waals surface area contributed by atoms with Gasteiger partial charge in [0.1, 0.15) is 5.75 Å². The van der Waals surface area contributed by atoms with Gasteiger partial charge in [0.2, 0.25) is 0 Å². The molecular weight excluding hydrogens is 258 g/mol. The lowest BCUT2D eigenvalue weighted by Gasteiger charge is -2.54. The molecule has 0 radical (unpaired) electrons. The maximum atomic E-state index is 6.15. The van der Waals surface area contributed by atoms with E-state index in [1.54, 1.807) is 0 Å². The number of hydrogen-bond acceptors (Lipinski definition) is 1. The van der Waals surface area contributed by atoms with Crippen molar-refractivity contribution < 1.29 is 9.31 Å². The number of aryl methyl sites for hydroxylation is 1. The second-order valence-corrected chi connectivity index (χ2v) is 8.01. The van der Waals surface area contributed by atoms with Gasteiger partial charge < -0.3 is 4.74 Å². The van der Waals surface area contributed by atoms with E-state index in [2.05, 4.69) is 35.9 Å². The molecule has 110 valence electrons. The molecular formula is C19H24NO+. The summed E-state index contributed by atoms with van der Waals surface area (Å²) in [4.78, 5) is 0. The van der Waals surface area contributed by atoms with Crippen LogP contribution in [0.3, 0.4) is 0 Å². The van der Waals surface area contributed by atoms with Crippen LogP contribution < -0.4 is 4.74 Å². The van der Waals surface area contributed by atoms with Gasteiger partial charge in [-0.3, -0.25) is 0 Å². The monoisotopic (exact) mass is 282 g/mol. The van der Waals surface area contributed by atoms with Crippen molar-refractivity contribution in [1.82, 2.24) is 0 Å². The van der Waals surface area contributed by atoms with Crippen molar-refractivity contribution in [1.29, 1.82) is 0 Å². The van der Waals surface area contributed by atoms with E-state index in [1.165, 1.54) is 49.7 Å². The topological polar surface area (TPSA) is 12.2 Å². The number of rotatable bonds is 1. The minimum absolute atomic E-state index is 0.413. The number of hydrogen-bond donors (Lipinski definition) is 0. The van der Waals surface area contributed by atoms with E-state index in [0.717, 1.165) is 30.2 Å². The molecule has 1 aromatic carbocycles. The van der Waals surface area contributed by atoms with Crippen molar-refractivity contribution in [3.05, 3.63) is 29.3 Å². The average molecular weight is 282 g/mol. The maximum Gasteiger partial charge on any atom is 0.287 e. The van der Waals surface area contributed by atoms with Crippen LogP contribution in [0.15, 0.2) is 18.2 Å². The first kappa shape index (κ1) is 12.3. The Labute approximate surface area is 126 Å². The van der Waals surface area contributed by atoms with Gasteiger partial charge in [-0.1, -0.05) is 12.1 Å². The highest BCUT2D eigenvalue weighted by Crippen LogP contribution is 2.57. The predicted octanol–water partition coefficient (Wildman–Crippen LogP) is 3.75. The van der Waals surface area contributed by atoms with Gasteiger partial charge in [-0.2, -0.15) is 4.58 Å². The molecule has 0 atom stereocenters. The molecule has 0 N–H and O–H groups in total. The molecule has 4 saturated carbocycles. The normalized spacial score (nSPS) is 39.7. The van der Waals surface area contributed by atoms with Crippen LogP contribution in [0.25, 0.3) is 0 Å². The first-order chi connectivity index (χ1) is 10.2. The van der Waals surface area contributed by atoms with E-state index in [9.17, 15) is 0 Å². The molecule has 6 rings (SSSR count). The fourth-order valence-electron chi connectivity index (χ4n) is 6.00. The summed E-state index contributed by atoms with van der Waals surface area (Å²) in [7, 11) is 0. The summed E-state index contributed by atoms with van der Waals surface area (Å²) in [6.07, 6.45) is 11.1. The summed E-state index contributed by atoms with van der Waals surface area (Å²) in [6, 6.07) is 6.50. The van der Waals surface area contributed by atoms with Crippen molar-refractivity contribution in [3.63, 3.8) is 0 Å². The minimum Gasteiger partial charge on any atom is -0.435 e. The van der Waals surface area contributed by atoms with Crippen LogP contribution in [0.5, 0.6) is 5.75 Å². The third kappa shape index (κ3) is 1.74. The number of ether oxygens (including phenoxy) is 1. The Hall–Kier alpha value is -1.31. The standard InChI is InChI=1S/C19H24NO/c1-13-3-2-4-17-11-20(12-21-18(13)17)19-8-14-5-15(9-19)7-16(6-14)10-19/h2-4,11,14-16H,5-10,12H2,1H3/q+1. The molecule has 2 nitrogen and oxygen atoms in total. The van der Waals surface area contributed by atoms with Gasteiger partial charge in [0, 0.05) is 19.3 Å². The van der Waals surface area contributed by atoms with E-state index in [0.29, 0.717) is 5.54 Å². The summed E-state index contributed by atoms with van der Waals surface area (Å²) in [5.41, 5.74) is 2.95. The third-order valence-electron chi connectivity index (χ3n) is 6.50. The number of nitrogens with zero attached hydrogens (tertiary/aromatic N) is 1. The zero-order chi connectivity index (χ0) is 14.0. The van der Waals surface area contributed by atoms with Crippen LogP contribution in [-0.4, -0.2) is 23.1 Å². The van der Waals surface area contributed by atoms with Crippen LogP contribution in [0, 0.1) is 24.7 Å². The summed E-state index contributed by atoms with van der Waals surface area (Å²) < 4.78 is 8.72. The molecule has 4 aliphatic carbocycles. The third-order valence-corrected chi connectivity index (χ3v) is 6.50. The fraction of sp³-hybridized carbons (Fsp3) is 0.632. The van der Waals surface area contributed by atoms with Crippen molar-refractivity contribution in [2.24, 2.45) is 17.8 Å². The molecule has 5 aliphatic rings. The molecule has 0 spiro atoms. The minimum atomic E-state index is 0.413. The lowest BCUT2D eigenvalue weighted by molar-refractivity contribution is -0.645. The van der Waals surface area contributed by atoms with Gasteiger partial charge in [-0.25, -0.2) is 0 Å². The highest BCUT2D eigenvalue weighted by Gasteiger charge is 2.57. The van der Waals surface area contributed by atoms with Gasteiger partial charge in [0.05, 0.1) is 5.56 Å². The van der Waals surface area contributed by atoms with Crippen LogP contribution in [-0.2, 0) is 0 Å². The molecule has 1 heterocycles. The van der Waals surface area contributed by atoms with Crippen molar-refractivity contribution in [2.45, 2.75) is 51.0 Å². The molecule has 0 saturated heterocycles. The Morgan fingerprint density at radius 1 is 1.05 bits per heavy atom. The van der Waals surface area contributed by atoms with Gasteiger partial charge in [0.25, 0.3) is 6.73 Å². The predicted molar refractivity (Wildman–Crippen MR) is 83.0 cm³/mol. The molecule has 0 unspecified atom stereocenters. The Balaban J connectivity index is 1.56. The van der Waals surface area contributed by atoms with E-state index in [4.69, 9.17) is 4.74 Å². The van der Waals surface area contributed by atoms with E-state index in [-0.39, 0.29) is 0 Å². The zero-order valence-electron chi connectivity index (χ0n) is 12.8. The maximum absolute atomic E-state index is 6.15. The molecule has 1 aliphatic heterocycles. The van der Waals surface area contributed by atoms with Crippen LogP contribution in [0.4, 0.5) is 0 Å². The van der Waals surface area contributed by atoms with E-state index in [1.807, 2.05) is 0 Å². The lowest BCUT2D eigenvalue weighted by Crippen LogP contribution is -2.58. The summed E-state index contributed by atoms with van der Waals surface area (Å²) in [6.45, 7) is 2.90. The van der Waals surface area contributed by atoms with E-state index < -0.39 is 0 Å². The van der Waals surface area contributed by atoms with Gasteiger partial charge in [-0.15, -0.1) is 0 Å². The lowest BCUT2D eigenvalue weighted by atomic mass is 9.53. The number of fused-ring (bicyclic) bond motifs is 1. The fourth-order valence-corrected chi connectivity index (χ4v) is 6.00. The Morgan fingerprint density at radius 2 is 1.71 bits per heavy atom. The quantitative estimate of drug-likeness (QED) is 0.715. The molecule has 21 heavy (non-hydrogen) atoms. The number of benzene rings is 1. The molecule has 0 aromatic heterocycles. The van der Waals surface area contributed by atoms with Crippen molar-refractivity contribution >= 4 is 6.21 Å². The largest absolute Gasteiger partial charge is 0.435 e. The smallest absolute Gasteiger partial charge is 0.287 e. The summed E-state index contributed by atoms with van der Waals surface area (Å²) in [5, 5.41) is 0. The summed E-state index contributed by atoms with van der Waals surface area (Å²) >= 11 is 0. The Bertz CT molecular complexity index is 595. The highest BCUT2D eigenvalue weighted by atomic mass is 16.5. The van der Waals surface area contributed by atoms with Crippen molar-refractivity contribution in [3.8, 4) is 5.75 Å². The SMILES string of the molecule is Cc1cccc2c1OC[N+](C13CC4CC(CC(C4)C1)C3)=C2. The molecule has 2 heteroatoms. The van der Waals surface area contributed by atoms with Gasteiger partial charge in [0.15, 0.2) is 11.8 Å². The van der Waals surface area contributed by atoms with Crippen LogP contribution in [0.2, 0.25) is 0 Å². The molecule has 4 fully saturated rings. The van der Waals surface area contributed by atoms with Gasteiger partial charge in [-0.05, 0) is 55.6 Å². The number of para-hydroxylation sites is 1. The summed E-state index contributed by atoms with van der Waals surface area (Å²) in [5.74, 6) is 4.06. The second kappa shape index (κ2) is 4.12. The van der Waals surface area contributed by atoms with Crippen LogP contribution >= 0.6 is 0 Å². The molecule has 0 amide bonds.